The Morgan fingerprint density at radius 2 is 1.66 bits per heavy atom. The van der Waals surface area contributed by atoms with Gasteiger partial charge in [0.2, 0.25) is 0 Å². The molecule has 3 aromatic rings. The molecule has 0 unspecified atom stereocenters. The van der Waals surface area contributed by atoms with Crippen molar-refractivity contribution in [2.24, 2.45) is 5.10 Å². The standard InChI is InChI=1S/C23H15ClN4O7/c24-18-7-10-21(35-22(29)11-4-15-2-1-3-20(12-15)28(33)34)17(13-18)14-25-26-23(30)16-5-8-19(9-6-16)27(31)32/h1-14H,(H,26,30)/b11-4+,25-14+. The van der Waals surface area contributed by atoms with Crippen LogP contribution in [0.25, 0.3) is 6.08 Å². The van der Waals surface area contributed by atoms with Crippen LogP contribution >= 0.6 is 11.6 Å². The van der Waals surface area contributed by atoms with Crippen LogP contribution < -0.4 is 10.2 Å². The molecule has 11 nitrogen and oxygen atoms in total. The molecule has 176 valence electrons. The van der Waals surface area contributed by atoms with E-state index in [0.717, 1.165) is 6.08 Å². The summed E-state index contributed by atoms with van der Waals surface area (Å²) >= 11 is 6.00. The highest BCUT2D eigenvalue weighted by Gasteiger charge is 2.10. The molecule has 0 fully saturated rings. The smallest absolute Gasteiger partial charge is 0.336 e. The summed E-state index contributed by atoms with van der Waals surface area (Å²) in [7, 11) is 0. The van der Waals surface area contributed by atoms with E-state index in [0.29, 0.717) is 10.6 Å². The molecule has 0 atom stereocenters. The molecule has 0 bridgehead atoms. The zero-order chi connectivity index (χ0) is 25.4. The zero-order valence-electron chi connectivity index (χ0n) is 17.7. The summed E-state index contributed by atoms with van der Waals surface area (Å²) < 4.78 is 5.29. The van der Waals surface area contributed by atoms with Crippen LogP contribution in [-0.4, -0.2) is 27.9 Å². The summed E-state index contributed by atoms with van der Waals surface area (Å²) in [5.74, 6) is -1.28. The second-order valence-corrected chi connectivity index (χ2v) is 7.23. The van der Waals surface area contributed by atoms with Crippen LogP contribution in [-0.2, 0) is 4.79 Å². The molecular formula is C23H15ClN4O7. The SMILES string of the molecule is O=C(/C=C/c1cccc([N+](=O)[O-])c1)Oc1ccc(Cl)cc1/C=N/NC(=O)c1ccc([N+](=O)[O-])cc1. The van der Waals surface area contributed by atoms with Crippen LogP contribution in [0.5, 0.6) is 5.75 Å². The quantitative estimate of drug-likeness (QED) is 0.120. The number of amides is 1. The largest absolute Gasteiger partial charge is 0.423 e. The van der Waals surface area contributed by atoms with E-state index < -0.39 is 21.7 Å². The number of esters is 1. The molecule has 0 heterocycles. The second-order valence-electron chi connectivity index (χ2n) is 6.79. The van der Waals surface area contributed by atoms with Crippen LogP contribution in [0.2, 0.25) is 5.02 Å². The molecule has 0 aliphatic carbocycles. The molecule has 1 N–H and O–H groups in total. The number of hydrogen-bond donors (Lipinski definition) is 1. The monoisotopic (exact) mass is 494 g/mol. The number of hydrazone groups is 1. The Balaban J connectivity index is 1.68. The molecule has 0 aliphatic rings. The van der Waals surface area contributed by atoms with Crippen molar-refractivity contribution in [3.8, 4) is 5.75 Å². The van der Waals surface area contributed by atoms with Gasteiger partial charge in [0.25, 0.3) is 17.3 Å². The third kappa shape index (κ3) is 7.04. The average molecular weight is 495 g/mol. The van der Waals surface area contributed by atoms with Crippen molar-refractivity contribution in [3.63, 3.8) is 0 Å². The van der Waals surface area contributed by atoms with Gasteiger partial charge in [-0.2, -0.15) is 5.10 Å². The van der Waals surface area contributed by atoms with E-state index in [-0.39, 0.29) is 28.3 Å². The number of hydrogen-bond acceptors (Lipinski definition) is 8. The number of nitro benzene ring substituents is 2. The molecule has 0 spiro atoms. The van der Waals surface area contributed by atoms with Crippen LogP contribution in [0.3, 0.4) is 0 Å². The van der Waals surface area contributed by atoms with E-state index in [1.165, 1.54) is 73.0 Å². The molecule has 0 saturated carbocycles. The molecule has 3 aromatic carbocycles. The van der Waals surface area contributed by atoms with Gasteiger partial charge in [0.05, 0.1) is 16.1 Å². The van der Waals surface area contributed by atoms with Crippen molar-refractivity contribution in [1.82, 2.24) is 5.43 Å². The number of halogens is 1. The highest BCUT2D eigenvalue weighted by atomic mass is 35.5. The summed E-state index contributed by atoms with van der Waals surface area (Å²) in [5, 5.41) is 25.7. The first-order chi connectivity index (χ1) is 16.7. The highest BCUT2D eigenvalue weighted by Crippen LogP contribution is 2.22. The Morgan fingerprint density at radius 3 is 2.34 bits per heavy atom. The van der Waals surface area contributed by atoms with Gasteiger partial charge in [0.15, 0.2) is 0 Å². The van der Waals surface area contributed by atoms with Crippen molar-refractivity contribution in [1.29, 1.82) is 0 Å². The molecule has 12 heteroatoms. The highest BCUT2D eigenvalue weighted by molar-refractivity contribution is 6.31. The molecule has 0 radical (unpaired) electrons. The maximum atomic E-state index is 12.2. The van der Waals surface area contributed by atoms with Crippen LogP contribution in [0.4, 0.5) is 11.4 Å². The number of carbonyl (C=O) groups is 2. The zero-order valence-corrected chi connectivity index (χ0v) is 18.4. The Hall–Kier alpha value is -4.90. The lowest BCUT2D eigenvalue weighted by molar-refractivity contribution is -0.385. The third-order valence-corrected chi connectivity index (χ3v) is 4.62. The third-order valence-electron chi connectivity index (χ3n) is 4.39. The van der Waals surface area contributed by atoms with Gasteiger partial charge in [-0.3, -0.25) is 25.0 Å². The summed E-state index contributed by atoms with van der Waals surface area (Å²) in [4.78, 5) is 44.9. The summed E-state index contributed by atoms with van der Waals surface area (Å²) in [6.45, 7) is 0. The van der Waals surface area contributed by atoms with Crippen LogP contribution in [0.15, 0.2) is 77.9 Å². The lowest BCUT2D eigenvalue weighted by Crippen LogP contribution is -2.17. The fraction of sp³-hybridized carbons (Fsp3) is 0. The number of nitro groups is 2. The number of ether oxygens (including phenoxy) is 1. The lowest BCUT2D eigenvalue weighted by Gasteiger charge is -2.06. The van der Waals surface area contributed by atoms with Crippen molar-refractivity contribution in [2.75, 3.05) is 0 Å². The average Bonchev–Trinajstić information content (AvgIpc) is 2.84. The maximum Gasteiger partial charge on any atom is 0.336 e. The van der Waals surface area contributed by atoms with E-state index >= 15 is 0 Å². The number of non-ortho nitro benzene ring substituents is 2. The van der Waals surface area contributed by atoms with E-state index in [9.17, 15) is 29.8 Å². The van der Waals surface area contributed by atoms with Crippen molar-refractivity contribution in [3.05, 3.63) is 115 Å². The van der Waals surface area contributed by atoms with Gasteiger partial charge >= 0.3 is 5.97 Å². The lowest BCUT2D eigenvalue weighted by atomic mass is 10.2. The normalized spacial score (nSPS) is 10.9. The summed E-state index contributed by atoms with van der Waals surface area (Å²) in [6, 6.07) is 15.0. The van der Waals surface area contributed by atoms with Gasteiger partial charge < -0.3 is 4.74 Å². The summed E-state index contributed by atoms with van der Waals surface area (Å²) in [6.07, 6.45) is 3.68. The Morgan fingerprint density at radius 1 is 0.943 bits per heavy atom. The first kappa shape index (κ1) is 24.7. The minimum Gasteiger partial charge on any atom is -0.423 e. The van der Waals surface area contributed by atoms with Gasteiger partial charge in [-0.05, 0) is 42.0 Å². The van der Waals surface area contributed by atoms with E-state index in [2.05, 4.69) is 10.5 Å². The maximum absolute atomic E-state index is 12.2. The van der Waals surface area contributed by atoms with Gasteiger partial charge in [-0.25, -0.2) is 10.2 Å². The Kier molecular flexibility index (Phi) is 7.98. The van der Waals surface area contributed by atoms with Gasteiger partial charge in [0, 0.05) is 46.5 Å². The topological polar surface area (TPSA) is 154 Å². The molecule has 0 aliphatic heterocycles. The fourth-order valence-electron chi connectivity index (χ4n) is 2.72. The summed E-state index contributed by atoms with van der Waals surface area (Å²) in [5.41, 5.74) is 2.85. The molecule has 35 heavy (non-hydrogen) atoms. The Bertz CT molecular complexity index is 1350. The minimum atomic E-state index is -0.761. The van der Waals surface area contributed by atoms with E-state index in [1.54, 1.807) is 6.07 Å². The Labute approximate surface area is 202 Å². The predicted octanol–water partition coefficient (Wildman–Crippen LogP) is 4.54. The number of benzene rings is 3. The number of rotatable bonds is 8. The van der Waals surface area contributed by atoms with Crippen molar-refractivity contribution < 1.29 is 24.2 Å². The van der Waals surface area contributed by atoms with E-state index in [1.807, 2.05) is 0 Å². The fourth-order valence-corrected chi connectivity index (χ4v) is 2.90. The number of nitrogens with one attached hydrogen (secondary N) is 1. The van der Waals surface area contributed by atoms with Gasteiger partial charge in [-0.1, -0.05) is 23.7 Å². The van der Waals surface area contributed by atoms with Gasteiger partial charge in [-0.15, -0.1) is 0 Å². The van der Waals surface area contributed by atoms with E-state index in [4.69, 9.17) is 16.3 Å². The first-order valence-electron chi connectivity index (χ1n) is 9.74. The van der Waals surface area contributed by atoms with Gasteiger partial charge in [0.1, 0.15) is 5.75 Å². The molecule has 0 saturated heterocycles. The van der Waals surface area contributed by atoms with Crippen LogP contribution in [0, 0.1) is 20.2 Å². The molecular weight excluding hydrogens is 480 g/mol. The predicted molar refractivity (Wildman–Crippen MR) is 127 cm³/mol. The van der Waals surface area contributed by atoms with Crippen molar-refractivity contribution in [2.45, 2.75) is 0 Å². The minimum absolute atomic E-state index is 0.0939. The van der Waals surface area contributed by atoms with Crippen LogP contribution in [0.1, 0.15) is 21.5 Å². The molecule has 1 amide bonds. The molecule has 3 rings (SSSR count). The second kappa shape index (κ2) is 11.3. The van der Waals surface area contributed by atoms with Crippen molar-refractivity contribution >= 4 is 47.1 Å². The number of nitrogens with zero attached hydrogens (tertiary/aromatic N) is 3. The molecule has 0 aromatic heterocycles. The number of carbonyl (C=O) groups excluding carboxylic acids is 2. The first-order valence-corrected chi connectivity index (χ1v) is 10.1.